The maximum absolute atomic E-state index is 12.6. The Morgan fingerprint density at radius 1 is 1.17 bits per heavy atom. The molecule has 0 bridgehead atoms. The lowest BCUT2D eigenvalue weighted by Crippen LogP contribution is -2.39. The Bertz CT molecular complexity index is 856. The van der Waals surface area contributed by atoms with Crippen LogP contribution >= 0.6 is 22.9 Å². The summed E-state index contributed by atoms with van der Waals surface area (Å²) in [5.41, 5.74) is 0.845. The number of likely N-dealkylation sites (N-methyl/N-ethyl adjacent to an activating group) is 1. The third-order valence-electron chi connectivity index (χ3n) is 4.12. The highest BCUT2D eigenvalue weighted by atomic mass is 35.5. The van der Waals surface area contributed by atoms with E-state index in [4.69, 9.17) is 11.6 Å². The number of hydrogen-bond acceptors (Lipinski definition) is 3. The molecule has 1 atom stereocenters. The number of fused-ring (bicyclic) bond motifs is 1. The average molecular weight is 359 g/mol. The van der Waals surface area contributed by atoms with Crippen molar-refractivity contribution in [2.45, 2.75) is 19.5 Å². The van der Waals surface area contributed by atoms with Gasteiger partial charge in [-0.3, -0.25) is 9.69 Å². The molecule has 2 aromatic carbocycles. The van der Waals surface area contributed by atoms with Crippen LogP contribution < -0.4 is 5.32 Å². The molecular formula is C19H19ClN2OS. The van der Waals surface area contributed by atoms with Gasteiger partial charge in [-0.15, -0.1) is 11.3 Å². The summed E-state index contributed by atoms with van der Waals surface area (Å²) >= 11 is 7.51. The van der Waals surface area contributed by atoms with Gasteiger partial charge in [0.2, 0.25) is 5.91 Å². The standard InChI is InChI=1S/C19H19ClN2OS/c1-13(22(2)12-15-10-11-18(20)24-15)19(23)21-17-9-5-7-14-6-3-4-8-16(14)17/h3-11,13H,12H2,1-2H3,(H,21,23). The highest BCUT2D eigenvalue weighted by Crippen LogP contribution is 2.25. The molecule has 0 saturated heterocycles. The lowest BCUT2D eigenvalue weighted by molar-refractivity contribution is -0.120. The summed E-state index contributed by atoms with van der Waals surface area (Å²) in [4.78, 5) is 15.8. The second kappa shape index (κ2) is 7.34. The molecule has 1 amide bonds. The van der Waals surface area contributed by atoms with Gasteiger partial charge in [0.15, 0.2) is 0 Å². The lowest BCUT2D eigenvalue weighted by Gasteiger charge is -2.23. The number of hydrogen-bond donors (Lipinski definition) is 1. The fourth-order valence-electron chi connectivity index (χ4n) is 2.59. The van der Waals surface area contributed by atoms with Crippen molar-refractivity contribution in [1.82, 2.24) is 4.90 Å². The number of carbonyl (C=O) groups excluding carboxylic acids is 1. The maximum atomic E-state index is 12.6. The highest BCUT2D eigenvalue weighted by Gasteiger charge is 2.19. The van der Waals surface area contributed by atoms with Crippen LogP contribution in [0.2, 0.25) is 4.34 Å². The Labute approximate surface area is 150 Å². The predicted molar refractivity (Wildman–Crippen MR) is 103 cm³/mol. The Morgan fingerprint density at radius 3 is 2.67 bits per heavy atom. The van der Waals surface area contributed by atoms with Crippen LogP contribution in [-0.4, -0.2) is 23.9 Å². The summed E-state index contributed by atoms with van der Waals surface area (Å²) in [5, 5.41) is 5.22. The lowest BCUT2D eigenvalue weighted by atomic mass is 10.1. The highest BCUT2D eigenvalue weighted by molar-refractivity contribution is 7.16. The Kier molecular flexibility index (Phi) is 5.19. The number of amides is 1. The van der Waals surface area contributed by atoms with Gasteiger partial charge < -0.3 is 5.32 Å². The number of anilines is 1. The molecule has 0 spiro atoms. The molecular weight excluding hydrogens is 340 g/mol. The van der Waals surface area contributed by atoms with Gasteiger partial charge in [-0.25, -0.2) is 0 Å². The number of thiophene rings is 1. The van der Waals surface area contributed by atoms with Crippen LogP contribution in [0.25, 0.3) is 10.8 Å². The molecule has 3 aromatic rings. The van der Waals surface area contributed by atoms with Gasteiger partial charge in [0, 0.05) is 22.5 Å². The molecule has 3 rings (SSSR count). The zero-order valence-electron chi connectivity index (χ0n) is 13.6. The molecule has 0 aliphatic carbocycles. The summed E-state index contributed by atoms with van der Waals surface area (Å²) in [5.74, 6) is -0.0171. The largest absolute Gasteiger partial charge is 0.324 e. The van der Waals surface area contributed by atoms with Gasteiger partial charge >= 0.3 is 0 Å². The number of rotatable bonds is 5. The molecule has 0 aliphatic rings. The maximum Gasteiger partial charge on any atom is 0.241 e. The van der Waals surface area contributed by atoms with E-state index >= 15 is 0 Å². The third-order valence-corrected chi connectivity index (χ3v) is 5.34. The van der Waals surface area contributed by atoms with Crippen LogP contribution in [0.3, 0.4) is 0 Å². The summed E-state index contributed by atoms with van der Waals surface area (Å²) in [6.45, 7) is 2.61. The normalized spacial score (nSPS) is 12.5. The summed E-state index contributed by atoms with van der Waals surface area (Å²) in [7, 11) is 1.95. The zero-order chi connectivity index (χ0) is 17.1. The van der Waals surface area contributed by atoms with Crippen molar-refractivity contribution >= 4 is 45.3 Å². The minimum atomic E-state index is -0.246. The minimum Gasteiger partial charge on any atom is -0.324 e. The van der Waals surface area contributed by atoms with E-state index in [9.17, 15) is 4.79 Å². The predicted octanol–water partition coefficient (Wildman–Crippen LogP) is 5.01. The van der Waals surface area contributed by atoms with Gasteiger partial charge in [0.25, 0.3) is 0 Å². The Morgan fingerprint density at radius 2 is 1.92 bits per heavy atom. The Hall–Kier alpha value is -1.88. The quantitative estimate of drug-likeness (QED) is 0.695. The molecule has 0 aliphatic heterocycles. The first-order valence-corrected chi connectivity index (χ1v) is 8.97. The first kappa shape index (κ1) is 17.0. The molecule has 124 valence electrons. The molecule has 1 heterocycles. The number of halogens is 1. The van der Waals surface area contributed by atoms with E-state index in [1.54, 1.807) is 11.3 Å². The molecule has 1 aromatic heterocycles. The molecule has 0 radical (unpaired) electrons. The molecule has 1 unspecified atom stereocenters. The van der Waals surface area contributed by atoms with Gasteiger partial charge in [-0.2, -0.15) is 0 Å². The SMILES string of the molecule is CC(C(=O)Nc1cccc2ccccc12)N(C)Cc1ccc(Cl)s1. The first-order valence-electron chi connectivity index (χ1n) is 7.77. The van der Waals surface area contributed by atoms with Crippen LogP contribution in [0.15, 0.2) is 54.6 Å². The molecule has 0 fully saturated rings. The Balaban J connectivity index is 1.71. The van der Waals surface area contributed by atoms with Crippen molar-refractivity contribution in [3.8, 4) is 0 Å². The number of benzene rings is 2. The number of carbonyl (C=O) groups is 1. The first-order chi connectivity index (χ1) is 11.5. The van der Waals surface area contributed by atoms with Crippen LogP contribution in [0, 0.1) is 0 Å². The van der Waals surface area contributed by atoms with Crippen LogP contribution in [0.4, 0.5) is 5.69 Å². The molecule has 5 heteroatoms. The van der Waals surface area contributed by atoms with Gasteiger partial charge in [-0.05, 0) is 37.6 Å². The van der Waals surface area contributed by atoms with Crippen molar-refractivity contribution in [3.63, 3.8) is 0 Å². The van der Waals surface area contributed by atoms with E-state index in [1.807, 2.05) is 73.5 Å². The van der Waals surface area contributed by atoms with Gasteiger partial charge in [-0.1, -0.05) is 48.0 Å². The molecule has 24 heavy (non-hydrogen) atoms. The van der Waals surface area contributed by atoms with Crippen molar-refractivity contribution in [3.05, 3.63) is 63.8 Å². The minimum absolute atomic E-state index is 0.0171. The zero-order valence-corrected chi connectivity index (χ0v) is 15.2. The van der Waals surface area contributed by atoms with Crippen LogP contribution in [-0.2, 0) is 11.3 Å². The van der Waals surface area contributed by atoms with Gasteiger partial charge in [0.1, 0.15) is 0 Å². The van der Waals surface area contributed by atoms with E-state index in [0.29, 0.717) is 6.54 Å². The molecule has 0 saturated carbocycles. The van der Waals surface area contributed by atoms with E-state index in [1.165, 1.54) is 0 Å². The number of nitrogens with zero attached hydrogens (tertiary/aromatic N) is 1. The van der Waals surface area contributed by atoms with E-state index in [2.05, 4.69) is 5.32 Å². The summed E-state index contributed by atoms with van der Waals surface area (Å²) in [6, 6.07) is 17.6. The van der Waals surface area contributed by atoms with E-state index in [0.717, 1.165) is 25.7 Å². The summed E-state index contributed by atoms with van der Waals surface area (Å²) < 4.78 is 0.770. The average Bonchev–Trinajstić information content (AvgIpc) is 2.99. The van der Waals surface area contributed by atoms with Crippen molar-refractivity contribution in [2.24, 2.45) is 0 Å². The van der Waals surface area contributed by atoms with E-state index < -0.39 is 0 Å². The monoisotopic (exact) mass is 358 g/mol. The van der Waals surface area contributed by atoms with Gasteiger partial charge in [0.05, 0.1) is 10.4 Å². The summed E-state index contributed by atoms with van der Waals surface area (Å²) in [6.07, 6.45) is 0. The smallest absolute Gasteiger partial charge is 0.241 e. The topological polar surface area (TPSA) is 32.3 Å². The fourth-order valence-corrected chi connectivity index (χ4v) is 3.74. The number of nitrogens with one attached hydrogen (secondary N) is 1. The second-order valence-electron chi connectivity index (χ2n) is 5.81. The van der Waals surface area contributed by atoms with Crippen molar-refractivity contribution < 1.29 is 4.79 Å². The third kappa shape index (κ3) is 3.78. The van der Waals surface area contributed by atoms with Crippen LogP contribution in [0.5, 0.6) is 0 Å². The van der Waals surface area contributed by atoms with Crippen molar-refractivity contribution in [1.29, 1.82) is 0 Å². The molecule has 3 nitrogen and oxygen atoms in total. The van der Waals surface area contributed by atoms with Crippen molar-refractivity contribution in [2.75, 3.05) is 12.4 Å². The second-order valence-corrected chi connectivity index (χ2v) is 7.61. The molecule has 1 N–H and O–H groups in total. The van der Waals surface area contributed by atoms with Crippen LogP contribution in [0.1, 0.15) is 11.8 Å². The van der Waals surface area contributed by atoms with E-state index in [-0.39, 0.29) is 11.9 Å². The fraction of sp³-hybridized carbons (Fsp3) is 0.211.